The standard InChI is InChI=1S/C18H20O4.2C11H8N.Ir/c1-4-5-6-14(2)15-7-9-18(10-8-15)22-13-17(20)11-16(19)12-21-3;2*1-2-6-10(7-3-1)11-8-4-5-9-12-11;/h4-11,19H,1-2,12-13H2,3H3;2*1-6,8-9H;/q;2*-1;/b6-5-,16-11-;;;. The second kappa shape index (κ2) is 22.3. The van der Waals surface area contributed by atoms with Crippen LogP contribution in [0.4, 0.5) is 0 Å². The number of aliphatic hydroxyl groups excluding tert-OH is 1. The Bertz CT molecular complexity index is 1530. The summed E-state index contributed by atoms with van der Waals surface area (Å²) in [6.07, 6.45) is 10.0. The number of ether oxygens (including phenoxy) is 2. The molecule has 241 valence electrons. The van der Waals surface area contributed by atoms with Crippen molar-refractivity contribution >= 4 is 11.4 Å². The van der Waals surface area contributed by atoms with Crippen LogP contribution in [0.1, 0.15) is 5.56 Å². The molecule has 5 rings (SSSR count). The number of carbonyl (C=O) groups excluding carboxylic acids is 1. The molecule has 0 spiro atoms. The summed E-state index contributed by atoms with van der Waals surface area (Å²) < 4.78 is 10.1. The molecule has 0 bridgehead atoms. The summed E-state index contributed by atoms with van der Waals surface area (Å²) in [6, 6.07) is 40.9. The quantitative estimate of drug-likeness (QED) is 0.0625. The zero-order valence-electron chi connectivity index (χ0n) is 26.1. The largest absolute Gasteiger partial charge is 0.510 e. The number of rotatable bonds is 11. The Hall–Kier alpha value is -5.20. The monoisotopic (exact) mass is 801 g/mol. The maximum Gasteiger partial charge on any atom is 0.196 e. The van der Waals surface area contributed by atoms with Crippen LogP contribution in [-0.2, 0) is 29.6 Å². The number of aliphatic hydroxyl groups is 1. The Balaban J connectivity index is 0.000000260. The Morgan fingerprint density at radius 1 is 0.809 bits per heavy atom. The Labute approximate surface area is 290 Å². The van der Waals surface area contributed by atoms with Crippen molar-refractivity contribution in [3.05, 3.63) is 183 Å². The van der Waals surface area contributed by atoms with Crippen LogP contribution in [-0.4, -0.2) is 41.2 Å². The first-order chi connectivity index (χ1) is 22.5. The van der Waals surface area contributed by atoms with E-state index in [9.17, 15) is 9.90 Å². The number of carbonyl (C=O) groups is 1. The van der Waals surface area contributed by atoms with E-state index in [0.29, 0.717) is 5.75 Å². The molecule has 5 aromatic rings. The first-order valence-electron chi connectivity index (χ1n) is 14.4. The fourth-order valence-corrected chi connectivity index (χ4v) is 3.77. The van der Waals surface area contributed by atoms with E-state index >= 15 is 0 Å². The van der Waals surface area contributed by atoms with Gasteiger partial charge in [-0.25, -0.2) is 0 Å². The SMILES string of the molecule is C=C/C=C\C(=C)c1ccc(OCC(=O)/C=C(\O)COC)cc1.[Ir].[c-]1ccccc1-c1ccccn1.[c-]1ccccc1-c1ccccn1. The molecule has 2 heterocycles. The van der Waals surface area contributed by atoms with Gasteiger partial charge in [-0.05, 0) is 46.8 Å². The van der Waals surface area contributed by atoms with Gasteiger partial charge in [-0.15, -0.1) is 71.8 Å². The topological polar surface area (TPSA) is 81.5 Å². The minimum absolute atomic E-state index is 0. The van der Waals surface area contributed by atoms with Gasteiger partial charge in [0.15, 0.2) is 12.4 Å². The zero-order valence-corrected chi connectivity index (χ0v) is 28.5. The average Bonchev–Trinajstić information content (AvgIpc) is 3.12. The summed E-state index contributed by atoms with van der Waals surface area (Å²) in [7, 11) is 1.44. The van der Waals surface area contributed by atoms with Gasteiger partial charge in [-0.3, -0.25) is 4.79 Å². The predicted molar refractivity (Wildman–Crippen MR) is 185 cm³/mol. The van der Waals surface area contributed by atoms with E-state index < -0.39 is 0 Å². The van der Waals surface area contributed by atoms with E-state index in [1.807, 2.05) is 109 Å². The molecule has 0 unspecified atom stereocenters. The molecular formula is C40H36IrN2O4-2. The number of aromatic nitrogens is 2. The molecule has 6 nitrogen and oxygen atoms in total. The van der Waals surface area contributed by atoms with E-state index in [1.54, 1.807) is 30.6 Å². The zero-order chi connectivity index (χ0) is 32.8. The van der Waals surface area contributed by atoms with Crippen LogP contribution in [0.15, 0.2) is 165 Å². The number of ketones is 1. The summed E-state index contributed by atoms with van der Waals surface area (Å²) in [5.74, 6) is 0.103. The number of hydrogen-bond acceptors (Lipinski definition) is 6. The van der Waals surface area contributed by atoms with Gasteiger partial charge in [0.05, 0.1) is 0 Å². The molecular weight excluding hydrogens is 765 g/mol. The van der Waals surface area contributed by atoms with Crippen LogP contribution in [0.3, 0.4) is 0 Å². The number of hydrogen-bond donors (Lipinski definition) is 1. The van der Waals surface area contributed by atoms with Crippen LogP contribution in [0.2, 0.25) is 0 Å². The van der Waals surface area contributed by atoms with E-state index in [0.717, 1.165) is 39.7 Å². The molecule has 0 amide bonds. The predicted octanol–water partition coefficient (Wildman–Crippen LogP) is 8.57. The van der Waals surface area contributed by atoms with Gasteiger partial charge in [-0.2, -0.15) is 0 Å². The van der Waals surface area contributed by atoms with Crippen molar-refractivity contribution in [2.45, 2.75) is 0 Å². The first kappa shape index (κ1) is 38.0. The molecule has 7 heteroatoms. The van der Waals surface area contributed by atoms with Gasteiger partial charge in [-0.1, -0.05) is 67.8 Å². The maximum absolute atomic E-state index is 11.5. The third-order valence-electron chi connectivity index (χ3n) is 5.96. The molecule has 1 radical (unpaired) electrons. The van der Waals surface area contributed by atoms with E-state index in [1.165, 1.54) is 7.11 Å². The second-order valence-corrected chi connectivity index (χ2v) is 9.45. The fraction of sp³-hybridized carbons (Fsp3) is 0.0750. The van der Waals surface area contributed by atoms with Gasteiger partial charge >= 0.3 is 0 Å². The minimum Gasteiger partial charge on any atom is -0.510 e. The molecule has 1 N–H and O–H groups in total. The summed E-state index contributed by atoms with van der Waals surface area (Å²) in [5.41, 5.74) is 5.83. The first-order valence-corrected chi connectivity index (χ1v) is 14.4. The van der Waals surface area contributed by atoms with Crippen molar-refractivity contribution in [1.82, 2.24) is 9.97 Å². The van der Waals surface area contributed by atoms with Crippen LogP contribution in [0.5, 0.6) is 5.75 Å². The smallest absolute Gasteiger partial charge is 0.196 e. The molecule has 0 aliphatic rings. The molecule has 0 fully saturated rings. The van der Waals surface area contributed by atoms with Crippen LogP contribution < -0.4 is 4.74 Å². The molecule has 0 aliphatic heterocycles. The normalized spacial score (nSPS) is 10.3. The number of methoxy groups -OCH3 is 1. The average molecular weight is 801 g/mol. The maximum atomic E-state index is 11.5. The Morgan fingerprint density at radius 3 is 1.81 bits per heavy atom. The van der Waals surface area contributed by atoms with Crippen molar-refractivity contribution in [3.8, 4) is 28.3 Å². The van der Waals surface area contributed by atoms with Gasteiger partial charge in [0.2, 0.25) is 0 Å². The van der Waals surface area contributed by atoms with Crippen molar-refractivity contribution in [2.24, 2.45) is 0 Å². The van der Waals surface area contributed by atoms with Crippen molar-refractivity contribution in [1.29, 1.82) is 0 Å². The Kier molecular flexibility index (Phi) is 18.0. The van der Waals surface area contributed by atoms with E-state index in [-0.39, 0.29) is 44.9 Å². The molecule has 3 aromatic carbocycles. The Morgan fingerprint density at radius 2 is 1.36 bits per heavy atom. The number of nitrogens with zero attached hydrogens (tertiary/aromatic N) is 2. The summed E-state index contributed by atoms with van der Waals surface area (Å²) in [5, 5.41) is 9.32. The summed E-state index contributed by atoms with van der Waals surface area (Å²) >= 11 is 0. The van der Waals surface area contributed by atoms with Gasteiger partial charge in [0.25, 0.3) is 0 Å². The van der Waals surface area contributed by atoms with Crippen molar-refractivity contribution in [3.63, 3.8) is 0 Å². The molecule has 0 atom stereocenters. The molecule has 0 saturated carbocycles. The second-order valence-electron chi connectivity index (χ2n) is 9.45. The molecule has 0 saturated heterocycles. The van der Waals surface area contributed by atoms with Crippen LogP contribution in [0, 0.1) is 12.1 Å². The van der Waals surface area contributed by atoms with Gasteiger partial charge < -0.3 is 24.5 Å². The van der Waals surface area contributed by atoms with Crippen molar-refractivity contribution < 1.29 is 39.5 Å². The number of pyridine rings is 2. The van der Waals surface area contributed by atoms with E-state index in [4.69, 9.17) is 9.47 Å². The number of benzene rings is 3. The molecule has 0 aliphatic carbocycles. The fourth-order valence-electron chi connectivity index (χ4n) is 3.77. The summed E-state index contributed by atoms with van der Waals surface area (Å²) in [6.45, 7) is 7.40. The van der Waals surface area contributed by atoms with Crippen LogP contribution >= 0.6 is 0 Å². The van der Waals surface area contributed by atoms with Gasteiger partial charge in [0, 0.05) is 45.7 Å². The van der Waals surface area contributed by atoms with Crippen LogP contribution in [0.25, 0.3) is 28.1 Å². The molecule has 47 heavy (non-hydrogen) atoms. The van der Waals surface area contributed by atoms with Gasteiger partial charge in [0.1, 0.15) is 18.1 Å². The molecule has 2 aromatic heterocycles. The minimum atomic E-state index is -0.336. The summed E-state index contributed by atoms with van der Waals surface area (Å²) in [4.78, 5) is 20.0. The van der Waals surface area contributed by atoms with E-state index in [2.05, 4.69) is 35.3 Å². The van der Waals surface area contributed by atoms with Crippen molar-refractivity contribution in [2.75, 3.05) is 20.3 Å². The number of allylic oxidation sites excluding steroid dienone is 4. The third kappa shape index (κ3) is 14.6. The third-order valence-corrected chi connectivity index (χ3v) is 5.96.